The van der Waals surface area contributed by atoms with Gasteiger partial charge in [0.15, 0.2) is 0 Å². The summed E-state index contributed by atoms with van der Waals surface area (Å²) in [6.45, 7) is 2.07. The first kappa shape index (κ1) is 15.5. The minimum Gasteiger partial charge on any atom is -0.294 e. The summed E-state index contributed by atoms with van der Waals surface area (Å²) in [7, 11) is 0. The molecule has 0 saturated carbocycles. The molecule has 0 aliphatic heterocycles. The summed E-state index contributed by atoms with van der Waals surface area (Å²) in [5, 5.41) is 10.1. The molecule has 2 aromatic heterocycles. The quantitative estimate of drug-likeness (QED) is 0.505. The molecule has 0 saturated heterocycles. The van der Waals surface area contributed by atoms with Gasteiger partial charge in [-0.1, -0.05) is 48.2 Å². The molecule has 0 fully saturated rings. The molecule has 25 heavy (non-hydrogen) atoms. The Hall–Kier alpha value is -3.03. The van der Waals surface area contributed by atoms with E-state index in [1.54, 1.807) is 11.8 Å². The van der Waals surface area contributed by atoms with Crippen molar-refractivity contribution in [2.75, 3.05) is 0 Å². The van der Waals surface area contributed by atoms with Crippen LogP contribution >= 0.6 is 11.8 Å². The number of hydrogen-bond donors (Lipinski definition) is 0. The number of pyridine rings is 1. The van der Waals surface area contributed by atoms with Crippen LogP contribution in [0, 0.1) is 18.3 Å². The number of aromatic nitrogens is 2. The van der Waals surface area contributed by atoms with E-state index in [9.17, 15) is 0 Å². The van der Waals surface area contributed by atoms with E-state index in [2.05, 4.69) is 35.6 Å². The second kappa shape index (κ2) is 6.46. The van der Waals surface area contributed by atoms with Crippen molar-refractivity contribution in [2.24, 2.45) is 0 Å². The number of hydrogen-bond acceptors (Lipinski definition) is 3. The number of nitrogens with zero attached hydrogens (tertiary/aromatic N) is 3. The van der Waals surface area contributed by atoms with Gasteiger partial charge in [-0.25, -0.2) is 4.98 Å². The first-order chi connectivity index (χ1) is 12.3. The number of aryl methyl sites for hydroxylation is 1. The largest absolute Gasteiger partial charge is 0.294 e. The molecule has 0 amide bonds. The number of nitriles is 1. The van der Waals surface area contributed by atoms with E-state index < -0.39 is 0 Å². The van der Waals surface area contributed by atoms with Crippen LogP contribution < -0.4 is 0 Å². The molecular weight excluding hydrogens is 326 g/mol. The van der Waals surface area contributed by atoms with Gasteiger partial charge in [0, 0.05) is 16.7 Å². The molecule has 0 aliphatic carbocycles. The summed E-state index contributed by atoms with van der Waals surface area (Å²) >= 11 is 1.70. The van der Waals surface area contributed by atoms with Crippen LogP contribution in [0.25, 0.3) is 16.9 Å². The summed E-state index contributed by atoms with van der Waals surface area (Å²) in [6.07, 6.45) is 2.05. The zero-order valence-electron chi connectivity index (χ0n) is 13.7. The van der Waals surface area contributed by atoms with Crippen LogP contribution in [0.5, 0.6) is 0 Å². The lowest BCUT2D eigenvalue weighted by Crippen LogP contribution is -1.88. The van der Waals surface area contributed by atoms with Crippen molar-refractivity contribution in [2.45, 2.75) is 16.8 Å². The Balaban J connectivity index is 1.91. The molecule has 0 N–H and O–H groups in total. The maximum atomic E-state index is 9.03. The number of rotatable bonds is 3. The predicted molar refractivity (Wildman–Crippen MR) is 101 cm³/mol. The van der Waals surface area contributed by atoms with Gasteiger partial charge in [0.1, 0.15) is 16.4 Å². The summed E-state index contributed by atoms with van der Waals surface area (Å²) in [5.41, 5.74) is 4.70. The third kappa shape index (κ3) is 2.90. The van der Waals surface area contributed by atoms with Gasteiger partial charge in [-0.15, -0.1) is 0 Å². The van der Waals surface area contributed by atoms with Crippen molar-refractivity contribution in [3.05, 3.63) is 84.1 Å². The van der Waals surface area contributed by atoms with E-state index in [1.165, 1.54) is 4.90 Å². The molecule has 0 unspecified atom stereocenters. The average Bonchev–Trinajstić information content (AvgIpc) is 3.03. The third-order valence-corrected chi connectivity index (χ3v) is 5.14. The highest BCUT2D eigenvalue weighted by Gasteiger charge is 2.16. The minimum absolute atomic E-state index is 0.654. The first-order valence-corrected chi connectivity index (χ1v) is 8.79. The topological polar surface area (TPSA) is 41.1 Å². The molecule has 120 valence electrons. The van der Waals surface area contributed by atoms with Gasteiger partial charge in [-0.05, 0) is 42.8 Å². The standard InChI is InChI=1S/C21H15N3S/c1-15-6-5-13-24-20(15)23-19(17-11-9-16(14-22)10-12-17)21(24)25-18-7-3-2-4-8-18/h2-13H,1H3. The summed E-state index contributed by atoms with van der Waals surface area (Å²) in [4.78, 5) is 6.06. The molecule has 0 radical (unpaired) electrons. The Morgan fingerprint density at radius 3 is 2.44 bits per heavy atom. The Labute approximate surface area is 150 Å². The SMILES string of the molecule is Cc1cccn2c(Sc3ccccc3)c(-c3ccc(C#N)cc3)nc12. The molecule has 4 heteroatoms. The highest BCUT2D eigenvalue weighted by Crippen LogP contribution is 2.37. The monoisotopic (exact) mass is 341 g/mol. The molecule has 4 rings (SSSR count). The average molecular weight is 341 g/mol. The molecule has 0 aliphatic rings. The maximum absolute atomic E-state index is 9.03. The van der Waals surface area contributed by atoms with Crippen molar-refractivity contribution >= 4 is 17.4 Å². The second-order valence-electron chi connectivity index (χ2n) is 5.75. The molecular formula is C21H15N3S. The first-order valence-electron chi connectivity index (χ1n) is 7.97. The number of benzene rings is 2. The van der Waals surface area contributed by atoms with Crippen molar-refractivity contribution in [1.29, 1.82) is 5.26 Å². The van der Waals surface area contributed by atoms with Crippen molar-refractivity contribution in [3.63, 3.8) is 0 Å². The lowest BCUT2D eigenvalue weighted by atomic mass is 10.1. The fourth-order valence-electron chi connectivity index (χ4n) is 2.77. The number of imidazole rings is 1. The van der Waals surface area contributed by atoms with E-state index in [-0.39, 0.29) is 0 Å². The summed E-state index contributed by atoms with van der Waals surface area (Å²) in [6, 6.07) is 24.2. The molecule has 4 aromatic rings. The third-order valence-electron chi connectivity index (χ3n) is 4.05. The van der Waals surface area contributed by atoms with Crippen molar-refractivity contribution in [3.8, 4) is 17.3 Å². The molecule has 3 nitrogen and oxygen atoms in total. The Morgan fingerprint density at radius 1 is 0.960 bits per heavy atom. The second-order valence-corrected chi connectivity index (χ2v) is 6.82. The van der Waals surface area contributed by atoms with E-state index >= 15 is 0 Å². The van der Waals surface area contributed by atoms with Crippen molar-refractivity contribution < 1.29 is 0 Å². The lowest BCUT2D eigenvalue weighted by molar-refractivity contribution is 1.04. The smallest absolute Gasteiger partial charge is 0.141 e. The van der Waals surface area contributed by atoms with Gasteiger partial charge in [0.05, 0.1) is 11.6 Å². The molecule has 0 atom stereocenters. The van der Waals surface area contributed by atoms with Crippen LogP contribution in [0.2, 0.25) is 0 Å². The fourth-order valence-corrected chi connectivity index (χ4v) is 3.79. The zero-order valence-corrected chi connectivity index (χ0v) is 14.5. The van der Waals surface area contributed by atoms with Gasteiger partial charge < -0.3 is 0 Å². The van der Waals surface area contributed by atoms with Gasteiger partial charge in [0.2, 0.25) is 0 Å². The molecule has 0 spiro atoms. The molecule has 2 aromatic carbocycles. The van der Waals surface area contributed by atoms with Gasteiger partial charge in [-0.2, -0.15) is 5.26 Å². The van der Waals surface area contributed by atoms with Crippen LogP contribution in [0.15, 0.2) is 82.8 Å². The maximum Gasteiger partial charge on any atom is 0.141 e. The van der Waals surface area contributed by atoms with Gasteiger partial charge in [0.25, 0.3) is 0 Å². The molecule has 0 bridgehead atoms. The normalized spacial score (nSPS) is 10.7. The summed E-state index contributed by atoms with van der Waals surface area (Å²) in [5.74, 6) is 0. The van der Waals surface area contributed by atoms with Crippen LogP contribution in [-0.4, -0.2) is 9.38 Å². The highest BCUT2D eigenvalue weighted by atomic mass is 32.2. The highest BCUT2D eigenvalue weighted by molar-refractivity contribution is 7.99. The van der Waals surface area contributed by atoms with Gasteiger partial charge >= 0.3 is 0 Å². The van der Waals surface area contributed by atoms with Crippen LogP contribution in [0.3, 0.4) is 0 Å². The van der Waals surface area contributed by atoms with E-state index in [0.717, 1.165) is 27.5 Å². The van der Waals surface area contributed by atoms with Crippen LogP contribution in [0.4, 0.5) is 0 Å². The zero-order chi connectivity index (χ0) is 17.2. The minimum atomic E-state index is 0.654. The lowest BCUT2D eigenvalue weighted by Gasteiger charge is -2.06. The Morgan fingerprint density at radius 2 is 1.72 bits per heavy atom. The van der Waals surface area contributed by atoms with Crippen molar-refractivity contribution in [1.82, 2.24) is 9.38 Å². The van der Waals surface area contributed by atoms with Crippen LogP contribution in [-0.2, 0) is 0 Å². The fraction of sp³-hybridized carbons (Fsp3) is 0.0476. The molecule has 2 heterocycles. The Kier molecular flexibility index (Phi) is 4.01. The van der Waals surface area contributed by atoms with Gasteiger partial charge in [-0.3, -0.25) is 4.40 Å². The Bertz CT molecular complexity index is 1070. The van der Waals surface area contributed by atoms with E-state index in [1.807, 2.05) is 54.7 Å². The van der Waals surface area contributed by atoms with E-state index in [4.69, 9.17) is 10.2 Å². The number of fused-ring (bicyclic) bond motifs is 1. The predicted octanol–water partition coefficient (Wildman–Crippen LogP) is 5.33. The van der Waals surface area contributed by atoms with Crippen LogP contribution in [0.1, 0.15) is 11.1 Å². The summed E-state index contributed by atoms with van der Waals surface area (Å²) < 4.78 is 2.14. The van der Waals surface area contributed by atoms with E-state index in [0.29, 0.717) is 5.56 Å².